The largest absolute Gasteiger partial charge is 0.379 e. The summed E-state index contributed by atoms with van der Waals surface area (Å²) in [5, 5.41) is 40.9. The Morgan fingerprint density at radius 3 is 1.63 bits per heavy atom. The Kier molecular flexibility index (Phi) is 46.2. The van der Waals surface area contributed by atoms with E-state index >= 15 is 43.2 Å². The van der Waals surface area contributed by atoms with E-state index in [4.69, 9.17) is 30.4 Å². The number of fused-ring (bicyclic) bond motifs is 2. The van der Waals surface area contributed by atoms with Gasteiger partial charge in [-0.2, -0.15) is 0 Å². The molecule has 0 saturated carbocycles. The summed E-state index contributed by atoms with van der Waals surface area (Å²) < 4.78 is 22.5. The molecule has 38 nitrogen and oxygen atoms in total. The molecular formula is C99H145N19O19S. The fraction of sp³-hybridized carbons (Fsp3) is 0.566. The third-order valence-corrected chi connectivity index (χ3v) is 24.9. The van der Waals surface area contributed by atoms with Gasteiger partial charge in [-0.05, 0) is 122 Å². The van der Waals surface area contributed by atoms with E-state index in [1.54, 1.807) is 90.3 Å². The minimum Gasteiger partial charge on any atom is -0.379 e. The lowest BCUT2D eigenvalue weighted by Gasteiger charge is -2.34. The molecule has 2 fully saturated rings. The molecule has 1 aromatic heterocycles. The molecule has 15 amide bonds. The zero-order valence-electron chi connectivity index (χ0n) is 81.5. The molecule has 2 saturated heterocycles. The van der Waals surface area contributed by atoms with Crippen LogP contribution in [0.5, 0.6) is 0 Å². The van der Waals surface area contributed by atoms with Crippen molar-refractivity contribution in [3.05, 3.63) is 144 Å². The number of hydrogen-bond donors (Lipinski definition) is 17. The van der Waals surface area contributed by atoms with Gasteiger partial charge in [-0.15, -0.1) is 11.8 Å². The maximum Gasteiger partial charge on any atom is 0.245 e. The van der Waals surface area contributed by atoms with Crippen LogP contribution in [0.3, 0.4) is 0 Å². The Morgan fingerprint density at radius 2 is 1.04 bits per heavy atom. The van der Waals surface area contributed by atoms with Crippen molar-refractivity contribution < 1.29 is 90.9 Å². The van der Waals surface area contributed by atoms with E-state index in [1.165, 1.54) is 23.8 Å². The molecule has 0 unspecified atom stereocenters. The molecule has 13 atom stereocenters. The molecule has 3 aliphatic rings. The van der Waals surface area contributed by atoms with E-state index in [2.05, 4.69) is 79.4 Å². The number of benzene rings is 4. The van der Waals surface area contributed by atoms with Gasteiger partial charge in [0.1, 0.15) is 78.5 Å². The number of para-hydroxylation sites is 1. The number of carbonyl (C=O) groups is 15. The third kappa shape index (κ3) is 36.1. The van der Waals surface area contributed by atoms with Gasteiger partial charge in [0.25, 0.3) is 0 Å². The van der Waals surface area contributed by atoms with Gasteiger partial charge in [0.15, 0.2) is 0 Å². The monoisotopic (exact) mass is 1940 g/mol. The maximum atomic E-state index is 15.5. The van der Waals surface area contributed by atoms with E-state index in [-0.39, 0.29) is 147 Å². The van der Waals surface area contributed by atoms with Crippen molar-refractivity contribution in [2.75, 3.05) is 97.7 Å². The number of unbranched alkanes of at least 4 members (excludes halogenated alkanes) is 1. The van der Waals surface area contributed by atoms with Crippen LogP contribution in [0.25, 0.3) is 22.0 Å². The highest BCUT2D eigenvalue weighted by atomic mass is 32.2. The molecule has 0 radical (unpaired) electrons. The average molecular weight is 1940 g/mol. The molecule has 39 heteroatoms. The van der Waals surface area contributed by atoms with Gasteiger partial charge in [0.2, 0.25) is 88.6 Å². The number of primary amides is 1. The van der Waals surface area contributed by atoms with Gasteiger partial charge in [0.05, 0.1) is 65.3 Å². The summed E-state index contributed by atoms with van der Waals surface area (Å²) in [6.07, 6.45) is 5.22. The fourth-order valence-corrected chi connectivity index (χ4v) is 17.1. The van der Waals surface area contributed by atoms with Crippen molar-refractivity contribution in [1.29, 1.82) is 0 Å². The van der Waals surface area contributed by atoms with Gasteiger partial charge in [-0.25, -0.2) is 0 Å². The molecule has 4 aromatic carbocycles. The molecule has 138 heavy (non-hydrogen) atoms. The second-order valence-corrected chi connectivity index (χ2v) is 38.1. The van der Waals surface area contributed by atoms with Crippen molar-refractivity contribution in [3.8, 4) is 11.1 Å². The molecule has 0 spiro atoms. The molecular weight excluding hydrogens is 1790 g/mol. The third-order valence-electron chi connectivity index (χ3n) is 23.9. The Labute approximate surface area is 812 Å². The van der Waals surface area contributed by atoms with Crippen molar-refractivity contribution in [2.45, 2.75) is 232 Å². The lowest BCUT2D eigenvalue weighted by molar-refractivity contribution is -0.144. The summed E-state index contributed by atoms with van der Waals surface area (Å²) in [6.45, 7) is 20.8. The summed E-state index contributed by atoms with van der Waals surface area (Å²) in [5.41, 5.74) is 15.8. The normalized spacial score (nSPS) is 22.6. The number of nitrogens with zero attached hydrogens (tertiary/aromatic N) is 2. The molecule has 0 bridgehead atoms. The Bertz CT molecular complexity index is 4870. The number of aromatic nitrogens is 1. The predicted molar refractivity (Wildman–Crippen MR) is 524 cm³/mol. The zero-order valence-corrected chi connectivity index (χ0v) is 82.4. The quantitative estimate of drug-likeness (QED) is 0.0252. The number of likely N-dealkylation sites (N-methyl/N-ethyl adjacent to an activating group) is 1. The van der Waals surface area contributed by atoms with Crippen LogP contribution in [0.1, 0.15) is 151 Å². The maximum absolute atomic E-state index is 15.5. The van der Waals surface area contributed by atoms with Gasteiger partial charge >= 0.3 is 0 Å². The average Bonchev–Trinajstić information content (AvgIpc) is 1.58. The minimum atomic E-state index is -1.47. The molecule has 8 rings (SSSR count). The van der Waals surface area contributed by atoms with E-state index in [0.717, 1.165) is 22.9 Å². The van der Waals surface area contributed by atoms with E-state index in [0.29, 0.717) is 72.2 Å². The lowest BCUT2D eigenvalue weighted by atomic mass is 9.97. The summed E-state index contributed by atoms with van der Waals surface area (Å²) in [7, 11) is 1.41. The van der Waals surface area contributed by atoms with Gasteiger partial charge < -0.3 is 120 Å². The van der Waals surface area contributed by atoms with Crippen molar-refractivity contribution >= 4 is 111 Å². The second-order valence-electron chi connectivity index (χ2n) is 37.0. The summed E-state index contributed by atoms with van der Waals surface area (Å²) in [6, 6.07) is 16.2. The second kappa shape index (κ2) is 57.4. The van der Waals surface area contributed by atoms with E-state index in [9.17, 15) is 28.8 Å². The summed E-state index contributed by atoms with van der Waals surface area (Å²) >= 11 is 0.922. The van der Waals surface area contributed by atoms with Crippen molar-refractivity contribution in [3.63, 3.8) is 0 Å². The number of nitrogens with one attached hydrogen (secondary N) is 15. The standard InChI is InChI=1S/C99H145N19O19S/c1-59(2)48-74-90(124)111-78(53-70-55-102-58-105-70)98(132)117(12)81(51-65-24-15-13-16-25-65)94(128)116-86(63(9)10)96(130)112-77(49-60(3)4)99(133)118-39-23-31-80(118)93(127)109-75(50-66-32-34-68(35-33-66)67-26-17-14-18-27-67)91(125)114-84(61(5)6)95(129)110-76(52-69-54-104-72-29-20-19-28-71(69)72)92(126)115-85(62(7)8)97(131)113-79(56-138-57-83(120)106-64(11)88(122)108-74)89(123)103-38-41-135-43-45-137-47-46-136-44-42-134-40-36-82(119)107-73(87(101)121)30-21-22-37-100/h13-20,24-29,32-35,54-55,59-64,73-81,84-86,102,104-105H,21-23,30-31,36-53,56-58,100H2,1-12H3,(H2,101,121)(H,103,123)(H,106,120)(H,107,119)(H,108,122)(H,109,127)(H,110,129)(H,111,124)(H,112,130)(H,113,131)(H,114,125)(H,115,126)(H,116,128)/t64-,73-,74-,75-,76-,77-,78-,79-,80-,81-,84-,85-,86-/m0/s1. The van der Waals surface area contributed by atoms with Crippen LogP contribution >= 0.6 is 11.8 Å². The van der Waals surface area contributed by atoms with Crippen LogP contribution in [0.4, 0.5) is 0 Å². The zero-order chi connectivity index (χ0) is 100. The van der Waals surface area contributed by atoms with Crippen LogP contribution in [-0.4, -0.2) is 280 Å². The number of ether oxygens (including phenoxy) is 4. The number of rotatable bonds is 38. The molecule has 756 valence electrons. The highest BCUT2D eigenvalue weighted by Crippen LogP contribution is 2.27. The first-order chi connectivity index (χ1) is 66.0. The number of carbonyl (C=O) groups excluding carboxylic acids is 15. The van der Waals surface area contributed by atoms with Gasteiger partial charge in [-0.1, -0.05) is 172 Å². The van der Waals surface area contributed by atoms with Crippen LogP contribution in [0, 0.1) is 29.6 Å². The Morgan fingerprint density at radius 1 is 0.514 bits per heavy atom. The Hall–Kier alpha value is -12.0. The highest BCUT2D eigenvalue weighted by Gasteiger charge is 2.44. The fourth-order valence-electron chi connectivity index (χ4n) is 16.2. The minimum absolute atomic E-state index is 0.0175. The van der Waals surface area contributed by atoms with Crippen LogP contribution in [-0.2, 0) is 110 Å². The Balaban J connectivity index is 1.08. The lowest BCUT2D eigenvalue weighted by Crippen LogP contribution is -2.62. The number of aromatic amines is 1. The molecule has 19 N–H and O–H groups in total. The smallest absolute Gasteiger partial charge is 0.245 e. The van der Waals surface area contributed by atoms with E-state index < -0.39 is 179 Å². The van der Waals surface area contributed by atoms with Crippen LogP contribution in [0.2, 0.25) is 0 Å². The van der Waals surface area contributed by atoms with Gasteiger partial charge in [0, 0.05) is 87.0 Å². The number of thioether (sulfide) groups is 1. The number of H-pyrrole nitrogens is 1. The number of nitrogens with two attached hydrogens (primary N) is 2. The first-order valence-electron chi connectivity index (χ1n) is 47.9. The van der Waals surface area contributed by atoms with Crippen LogP contribution in [0.15, 0.2) is 127 Å². The predicted octanol–water partition coefficient (Wildman–Crippen LogP) is 2.41. The topological polar surface area (TPSA) is 536 Å². The number of hydrogen-bond acceptors (Lipinski definition) is 23. The molecule has 3 aliphatic heterocycles. The summed E-state index contributed by atoms with van der Waals surface area (Å²) in [4.78, 5) is 226. The highest BCUT2D eigenvalue weighted by molar-refractivity contribution is 8.00. The van der Waals surface area contributed by atoms with E-state index in [1.807, 2.05) is 100 Å². The van der Waals surface area contributed by atoms with Crippen molar-refractivity contribution in [2.24, 2.45) is 41.1 Å². The number of amides is 15. The summed E-state index contributed by atoms with van der Waals surface area (Å²) in [5.74, 6) is -13.9. The SMILES string of the molecule is CC(C)C[C@@H]1NC(=O)[C@H](C)NC(=O)CSC[C@@H](C(=O)NCCOCCOCCOCCOCCC(=O)N[C@@H](CCCCN)C(N)=O)NC(=O)[C@H](C(C)C)NC(=O)[C@H](Cc2c[nH]c3ccccc23)NC(=O)[C@H](C(C)C)NC(=O)[C@H](Cc2ccc(-c3ccccc3)cc2)NC(=O)[C@@H]2CCCN2C(=O)[C@H](CC(C)C)NC(=O)[C@H](C(C)C)NC(=O)[C@H](Cc2ccccc2)N(C)C(=O)[C@H](CC2=CNCN2)NC1=O. The van der Waals surface area contributed by atoms with Crippen LogP contribution < -0.4 is 85.9 Å². The van der Waals surface area contributed by atoms with Gasteiger partial charge in [-0.3, -0.25) is 71.9 Å². The molecule has 0 aliphatic carbocycles. The first kappa shape index (κ1) is 111. The molecule has 5 aromatic rings. The molecule has 4 heterocycles. The first-order valence-corrected chi connectivity index (χ1v) is 49.1. The van der Waals surface area contributed by atoms with Crippen molar-refractivity contribution in [1.82, 2.24) is 89.2 Å².